The van der Waals surface area contributed by atoms with E-state index < -0.39 is 0 Å². The SMILES string of the molecule is CC(c1ccccc1)N1CCCC2CNCC21. The Labute approximate surface area is 104 Å². The zero-order valence-corrected chi connectivity index (χ0v) is 10.6. The maximum Gasteiger partial charge on any atom is 0.0323 e. The maximum atomic E-state index is 3.56. The second kappa shape index (κ2) is 4.79. The number of likely N-dealkylation sites (tertiary alicyclic amines) is 1. The zero-order chi connectivity index (χ0) is 11.7. The van der Waals surface area contributed by atoms with Crippen LogP contribution in [0.25, 0.3) is 0 Å². The topological polar surface area (TPSA) is 15.3 Å². The molecule has 0 aliphatic carbocycles. The summed E-state index contributed by atoms with van der Waals surface area (Å²) in [6.45, 7) is 6.03. The molecule has 2 saturated heterocycles. The molecule has 3 unspecified atom stereocenters. The Hall–Kier alpha value is -0.860. The molecule has 17 heavy (non-hydrogen) atoms. The summed E-state index contributed by atoms with van der Waals surface area (Å²) in [6.07, 6.45) is 2.77. The zero-order valence-electron chi connectivity index (χ0n) is 10.6. The molecule has 0 spiro atoms. The highest BCUT2D eigenvalue weighted by Gasteiger charge is 2.37. The lowest BCUT2D eigenvalue weighted by atomic mass is 9.90. The summed E-state index contributed by atoms with van der Waals surface area (Å²) in [5.41, 5.74) is 1.46. The summed E-state index contributed by atoms with van der Waals surface area (Å²) in [5, 5.41) is 3.56. The smallest absolute Gasteiger partial charge is 0.0323 e. The van der Waals surface area contributed by atoms with Gasteiger partial charge in [0.15, 0.2) is 0 Å². The summed E-state index contributed by atoms with van der Waals surface area (Å²) in [6, 6.07) is 12.3. The Morgan fingerprint density at radius 2 is 2.06 bits per heavy atom. The average Bonchev–Trinajstić information content (AvgIpc) is 2.87. The van der Waals surface area contributed by atoms with E-state index in [9.17, 15) is 0 Å². The predicted octanol–water partition coefficient (Wildman–Crippen LogP) is 2.43. The van der Waals surface area contributed by atoms with Gasteiger partial charge in [-0.3, -0.25) is 4.90 Å². The quantitative estimate of drug-likeness (QED) is 0.839. The van der Waals surface area contributed by atoms with Crippen molar-refractivity contribution in [1.82, 2.24) is 10.2 Å². The molecule has 1 aromatic carbocycles. The van der Waals surface area contributed by atoms with Crippen LogP contribution in [0.15, 0.2) is 30.3 Å². The summed E-state index contributed by atoms with van der Waals surface area (Å²) >= 11 is 0. The fourth-order valence-corrected chi connectivity index (χ4v) is 3.51. The third kappa shape index (κ3) is 2.12. The van der Waals surface area contributed by atoms with E-state index in [4.69, 9.17) is 0 Å². The summed E-state index contributed by atoms with van der Waals surface area (Å²) < 4.78 is 0. The predicted molar refractivity (Wildman–Crippen MR) is 70.9 cm³/mol. The molecule has 2 aliphatic rings. The van der Waals surface area contributed by atoms with Gasteiger partial charge < -0.3 is 5.32 Å². The molecule has 2 fully saturated rings. The minimum atomic E-state index is 0.559. The molecule has 92 valence electrons. The minimum Gasteiger partial charge on any atom is -0.315 e. The van der Waals surface area contributed by atoms with Crippen LogP contribution in [-0.4, -0.2) is 30.6 Å². The molecule has 3 atom stereocenters. The normalized spacial score (nSPS) is 31.1. The van der Waals surface area contributed by atoms with Crippen LogP contribution in [0.1, 0.15) is 31.4 Å². The van der Waals surface area contributed by atoms with Gasteiger partial charge in [-0.25, -0.2) is 0 Å². The Kier molecular flexibility index (Phi) is 3.17. The van der Waals surface area contributed by atoms with Crippen molar-refractivity contribution in [3.05, 3.63) is 35.9 Å². The van der Waals surface area contributed by atoms with Crippen LogP contribution in [0.2, 0.25) is 0 Å². The van der Waals surface area contributed by atoms with Crippen molar-refractivity contribution in [2.45, 2.75) is 31.8 Å². The van der Waals surface area contributed by atoms with E-state index in [1.807, 2.05) is 0 Å². The Morgan fingerprint density at radius 3 is 2.88 bits per heavy atom. The van der Waals surface area contributed by atoms with Crippen molar-refractivity contribution in [2.24, 2.45) is 5.92 Å². The molecule has 0 bridgehead atoms. The molecule has 1 aromatic rings. The first-order valence-electron chi connectivity index (χ1n) is 6.87. The molecule has 0 saturated carbocycles. The van der Waals surface area contributed by atoms with E-state index in [-0.39, 0.29) is 0 Å². The standard InChI is InChI=1S/C15H22N2/c1-12(13-6-3-2-4-7-13)17-9-5-8-14-10-16-11-15(14)17/h2-4,6-7,12,14-16H,5,8-11H2,1H3. The Bertz CT molecular complexity index is 362. The van der Waals surface area contributed by atoms with Gasteiger partial charge in [0, 0.05) is 18.6 Å². The van der Waals surface area contributed by atoms with Crippen LogP contribution >= 0.6 is 0 Å². The van der Waals surface area contributed by atoms with Crippen LogP contribution in [0.4, 0.5) is 0 Å². The van der Waals surface area contributed by atoms with Gasteiger partial charge >= 0.3 is 0 Å². The molecule has 3 rings (SSSR count). The van der Waals surface area contributed by atoms with Crippen molar-refractivity contribution < 1.29 is 0 Å². The van der Waals surface area contributed by atoms with Crippen molar-refractivity contribution in [3.63, 3.8) is 0 Å². The van der Waals surface area contributed by atoms with Crippen LogP contribution in [0, 0.1) is 5.92 Å². The second-order valence-corrected chi connectivity index (χ2v) is 5.45. The molecule has 0 aromatic heterocycles. The summed E-state index contributed by atoms with van der Waals surface area (Å²) in [4.78, 5) is 2.71. The number of hydrogen-bond acceptors (Lipinski definition) is 2. The molecule has 2 aliphatic heterocycles. The molecule has 2 heterocycles. The first-order chi connectivity index (χ1) is 8.36. The number of piperidine rings is 1. The molecule has 2 nitrogen and oxygen atoms in total. The first-order valence-corrected chi connectivity index (χ1v) is 6.87. The number of fused-ring (bicyclic) bond motifs is 1. The minimum absolute atomic E-state index is 0.559. The maximum absolute atomic E-state index is 3.56. The Balaban J connectivity index is 1.79. The molecule has 0 amide bonds. The average molecular weight is 230 g/mol. The number of benzene rings is 1. The molecule has 0 radical (unpaired) electrons. The largest absolute Gasteiger partial charge is 0.315 e. The van der Waals surface area contributed by atoms with Gasteiger partial charge in [-0.2, -0.15) is 0 Å². The summed E-state index contributed by atoms with van der Waals surface area (Å²) in [5.74, 6) is 0.884. The summed E-state index contributed by atoms with van der Waals surface area (Å²) in [7, 11) is 0. The van der Waals surface area contributed by atoms with Crippen LogP contribution in [0.5, 0.6) is 0 Å². The monoisotopic (exact) mass is 230 g/mol. The van der Waals surface area contributed by atoms with E-state index in [0.29, 0.717) is 6.04 Å². The van der Waals surface area contributed by atoms with Crippen LogP contribution < -0.4 is 5.32 Å². The number of nitrogens with one attached hydrogen (secondary N) is 1. The van der Waals surface area contributed by atoms with Gasteiger partial charge in [0.25, 0.3) is 0 Å². The third-order valence-corrected chi connectivity index (χ3v) is 4.50. The molecular formula is C15H22N2. The van der Waals surface area contributed by atoms with E-state index in [1.54, 1.807) is 0 Å². The Morgan fingerprint density at radius 1 is 1.24 bits per heavy atom. The van der Waals surface area contributed by atoms with E-state index in [2.05, 4.69) is 47.5 Å². The lowest BCUT2D eigenvalue weighted by molar-refractivity contribution is 0.0847. The highest BCUT2D eigenvalue weighted by atomic mass is 15.2. The fourth-order valence-electron chi connectivity index (χ4n) is 3.51. The third-order valence-electron chi connectivity index (χ3n) is 4.50. The van der Waals surface area contributed by atoms with Gasteiger partial charge in [-0.15, -0.1) is 0 Å². The van der Waals surface area contributed by atoms with Gasteiger partial charge in [0.1, 0.15) is 0 Å². The van der Waals surface area contributed by atoms with Gasteiger partial charge in [-0.05, 0) is 44.3 Å². The second-order valence-electron chi connectivity index (χ2n) is 5.45. The van der Waals surface area contributed by atoms with Crippen molar-refractivity contribution in [1.29, 1.82) is 0 Å². The van der Waals surface area contributed by atoms with Gasteiger partial charge in [0.05, 0.1) is 0 Å². The first kappa shape index (κ1) is 11.2. The molecular weight excluding hydrogens is 208 g/mol. The molecule has 1 N–H and O–H groups in total. The van der Waals surface area contributed by atoms with Gasteiger partial charge in [-0.1, -0.05) is 30.3 Å². The number of hydrogen-bond donors (Lipinski definition) is 1. The number of rotatable bonds is 2. The highest BCUT2D eigenvalue weighted by molar-refractivity contribution is 5.19. The van der Waals surface area contributed by atoms with E-state index in [0.717, 1.165) is 12.0 Å². The lowest BCUT2D eigenvalue weighted by Crippen LogP contribution is -2.46. The fraction of sp³-hybridized carbons (Fsp3) is 0.600. The lowest BCUT2D eigenvalue weighted by Gasteiger charge is -2.41. The van der Waals surface area contributed by atoms with E-state index in [1.165, 1.54) is 38.0 Å². The van der Waals surface area contributed by atoms with Crippen molar-refractivity contribution in [3.8, 4) is 0 Å². The number of nitrogens with zero attached hydrogens (tertiary/aromatic N) is 1. The highest BCUT2D eigenvalue weighted by Crippen LogP contribution is 2.33. The molecule has 2 heteroatoms. The van der Waals surface area contributed by atoms with Gasteiger partial charge in [0.2, 0.25) is 0 Å². The van der Waals surface area contributed by atoms with Crippen molar-refractivity contribution in [2.75, 3.05) is 19.6 Å². The van der Waals surface area contributed by atoms with Crippen molar-refractivity contribution >= 4 is 0 Å². The van der Waals surface area contributed by atoms with Crippen LogP contribution in [-0.2, 0) is 0 Å². The van der Waals surface area contributed by atoms with Crippen LogP contribution in [0.3, 0.4) is 0 Å². The van der Waals surface area contributed by atoms with E-state index >= 15 is 0 Å².